The minimum absolute atomic E-state index is 0.145. The molecule has 2 aromatic rings. The fourth-order valence-electron chi connectivity index (χ4n) is 3.52. The van der Waals surface area contributed by atoms with Gasteiger partial charge in [0.25, 0.3) is 0 Å². The number of fused-ring (bicyclic) bond motifs is 1. The molecular formula is C19H28FN5O2S. The molecule has 0 unspecified atom stereocenters. The number of rotatable bonds is 6. The van der Waals surface area contributed by atoms with E-state index >= 15 is 0 Å². The number of aliphatic imine (C=N–C) groups is 1. The summed E-state index contributed by atoms with van der Waals surface area (Å²) >= 11 is 0. The van der Waals surface area contributed by atoms with E-state index in [1.165, 1.54) is 6.07 Å². The molecule has 0 amide bonds. The summed E-state index contributed by atoms with van der Waals surface area (Å²) in [5.74, 6) is 0.601. The molecule has 0 spiro atoms. The first-order valence-electron chi connectivity index (χ1n) is 9.63. The van der Waals surface area contributed by atoms with Crippen LogP contribution in [0.3, 0.4) is 0 Å². The van der Waals surface area contributed by atoms with Gasteiger partial charge < -0.3 is 15.6 Å². The van der Waals surface area contributed by atoms with Crippen LogP contribution >= 0.6 is 0 Å². The lowest BCUT2D eigenvalue weighted by Gasteiger charge is -2.32. The number of benzene rings is 1. The van der Waals surface area contributed by atoms with E-state index in [9.17, 15) is 12.8 Å². The molecule has 2 heterocycles. The normalized spacial score (nSPS) is 17.2. The second-order valence-electron chi connectivity index (χ2n) is 6.97. The molecule has 3 N–H and O–H groups in total. The van der Waals surface area contributed by atoms with Gasteiger partial charge in [0.1, 0.15) is 5.82 Å². The van der Waals surface area contributed by atoms with E-state index < -0.39 is 10.0 Å². The number of hydrogen-bond acceptors (Lipinski definition) is 3. The molecular weight excluding hydrogens is 381 g/mol. The van der Waals surface area contributed by atoms with E-state index in [4.69, 9.17) is 0 Å². The van der Waals surface area contributed by atoms with Crippen LogP contribution in [0.5, 0.6) is 0 Å². The third-order valence-electron chi connectivity index (χ3n) is 5.19. The maximum atomic E-state index is 13.5. The predicted molar refractivity (Wildman–Crippen MR) is 111 cm³/mol. The Balaban J connectivity index is 1.48. The van der Waals surface area contributed by atoms with Crippen LogP contribution < -0.4 is 10.6 Å². The molecule has 0 atom stereocenters. The largest absolute Gasteiger partial charge is 0.361 e. The van der Waals surface area contributed by atoms with Gasteiger partial charge in [-0.2, -0.15) is 0 Å². The van der Waals surface area contributed by atoms with Gasteiger partial charge >= 0.3 is 0 Å². The van der Waals surface area contributed by atoms with Crippen LogP contribution in [0.4, 0.5) is 4.39 Å². The topological polar surface area (TPSA) is 89.6 Å². The van der Waals surface area contributed by atoms with Crippen molar-refractivity contribution in [3.8, 4) is 0 Å². The Morgan fingerprint density at radius 2 is 2.11 bits per heavy atom. The first-order valence-corrected chi connectivity index (χ1v) is 11.2. The summed E-state index contributed by atoms with van der Waals surface area (Å²) in [6, 6.07) is 4.93. The van der Waals surface area contributed by atoms with E-state index in [1.54, 1.807) is 30.4 Å². The van der Waals surface area contributed by atoms with Crippen LogP contribution in [0.25, 0.3) is 10.9 Å². The molecule has 28 heavy (non-hydrogen) atoms. The van der Waals surface area contributed by atoms with Crippen molar-refractivity contribution in [2.75, 3.05) is 32.4 Å². The fourth-order valence-corrected chi connectivity index (χ4v) is 4.65. The van der Waals surface area contributed by atoms with Gasteiger partial charge in [-0.05, 0) is 49.9 Å². The zero-order valence-electron chi connectivity index (χ0n) is 16.3. The molecule has 1 aliphatic rings. The number of hydrogen-bond donors (Lipinski definition) is 3. The average Bonchev–Trinajstić information content (AvgIpc) is 3.09. The number of sulfonamides is 1. The van der Waals surface area contributed by atoms with E-state index in [0.717, 1.165) is 35.7 Å². The Morgan fingerprint density at radius 3 is 2.79 bits per heavy atom. The monoisotopic (exact) mass is 409 g/mol. The number of halogens is 1. The highest BCUT2D eigenvalue weighted by Gasteiger charge is 2.26. The van der Waals surface area contributed by atoms with Gasteiger partial charge in [-0.15, -0.1) is 0 Å². The van der Waals surface area contributed by atoms with Crippen LogP contribution in [-0.2, 0) is 16.4 Å². The molecule has 0 radical (unpaired) electrons. The van der Waals surface area contributed by atoms with Crippen molar-refractivity contribution in [3.05, 3.63) is 35.8 Å². The van der Waals surface area contributed by atoms with Gasteiger partial charge in [0.05, 0.1) is 5.75 Å². The number of aromatic amines is 1. The Bertz CT molecular complexity index is 933. The SMILES string of the molecule is CCS(=O)(=O)N1CCC(NC(=NC)NCCc2c[nH]c3ccc(F)cc23)CC1. The summed E-state index contributed by atoms with van der Waals surface area (Å²) in [6.45, 7) is 3.40. The molecule has 1 aromatic heterocycles. The quantitative estimate of drug-likeness (QED) is 0.502. The number of nitrogens with zero attached hydrogens (tertiary/aromatic N) is 2. The predicted octanol–water partition coefficient (Wildman–Crippen LogP) is 1.83. The van der Waals surface area contributed by atoms with Gasteiger partial charge in [0, 0.05) is 49.8 Å². The summed E-state index contributed by atoms with van der Waals surface area (Å²) in [5, 5.41) is 7.56. The van der Waals surface area contributed by atoms with Gasteiger partial charge in [-0.3, -0.25) is 4.99 Å². The van der Waals surface area contributed by atoms with Crippen molar-refractivity contribution in [2.24, 2.45) is 4.99 Å². The Hall–Kier alpha value is -2.13. The minimum atomic E-state index is -3.11. The van der Waals surface area contributed by atoms with Crippen molar-refractivity contribution in [1.82, 2.24) is 19.9 Å². The minimum Gasteiger partial charge on any atom is -0.361 e. The smallest absolute Gasteiger partial charge is 0.213 e. The van der Waals surface area contributed by atoms with Crippen LogP contribution in [0.1, 0.15) is 25.3 Å². The lowest BCUT2D eigenvalue weighted by Crippen LogP contribution is -2.50. The number of piperidine rings is 1. The molecule has 0 aliphatic carbocycles. The molecule has 7 nitrogen and oxygen atoms in total. The molecule has 0 saturated carbocycles. The summed E-state index contributed by atoms with van der Waals surface area (Å²) in [5.41, 5.74) is 1.98. The molecule has 9 heteroatoms. The zero-order valence-corrected chi connectivity index (χ0v) is 17.2. The highest BCUT2D eigenvalue weighted by molar-refractivity contribution is 7.89. The standard InChI is InChI=1S/C19H28FN5O2S/c1-3-28(26,27)25-10-7-16(8-11-25)24-19(21-2)22-9-6-14-13-23-18-5-4-15(20)12-17(14)18/h4-5,12-13,16,23H,3,6-11H2,1-2H3,(H2,21,22,24). The first-order chi connectivity index (χ1) is 13.4. The van der Waals surface area contributed by atoms with Gasteiger partial charge in [0.2, 0.25) is 10.0 Å². The molecule has 1 aliphatic heterocycles. The number of H-pyrrole nitrogens is 1. The Morgan fingerprint density at radius 1 is 1.36 bits per heavy atom. The van der Waals surface area contributed by atoms with Crippen molar-refractivity contribution in [2.45, 2.75) is 32.2 Å². The zero-order chi connectivity index (χ0) is 20.1. The molecule has 154 valence electrons. The second-order valence-corrected chi connectivity index (χ2v) is 9.23. The van der Waals surface area contributed by atoms with E-state index in [1.807, 2.05) is 6.20 Å². The second kappa shape index (κ2) is 8.91. The van der Waals surface area contributed by atoms with Gasteiger partial charge in [0.15, 0.2) is 5.96 Å². The Labute approximate surface area is 165 Å². The van der Waals surface area contributed by atoms with Crippen LogP contribution in [-0.4, -0.2) is 62.1 Å². The average molecular weight is 410 g/mol. The number of guanidine groups is 1. The Kier molecular flexibility index (Phi) is 6.56. The molecule has 1 aromatic carbocycles. The number of nitrogens with one attached hydrogen (secondary N) is 3. The number of aromatic nitrogens is 1. The van der Waals surface area contributed by atoms with Gasteiger partial charge in [-0.1, -0.05) is 0 Å². The van der Waals surface area contributed by atoms with Crippen molar-refractivity contribution >= 4 is 26.9 Å². The maximum absolute atomic E-state index is 13.5. The fraction of sp³-hybridized carbons (Fsp3) is 0.526. The van der Waals surface area contributed by atoms with Crippen molar-refractivity contribution < 1.29 is 12.8 Å². The summed E-state index contributed by atoms with van der Waals surface area (Å²) in [7, 11) is -1.39. The highest BCUT2D eigenvalue weighted by Crippen LogP contribution is 2.19. The molecule has 0 bridgehead atoms. The van der Waals surface area contributed by atoms with Gasteiger partial charge in [-0.25, -0.2) is 17.1 Å². The molecule has 3 rings (SSSR count). The summed E-state index contributed by atoms with van der Waals surface area (Å²) in [6.07, 6.45) is 4.15. The maximum Gasteiger partial charge on any atom is 0.213 e. The summed E-state index contributed by atoms with van der Waals surface area (Å²) < 4.78 is 39.0. The van der Waals surface area contributed by atoms with Crippen LogP contribution in [0.15, 0.2) is 29.4 Å². The van der Waals surface area contributed by atoms with Crippen molar-refractivity contribution in [1.29, 1.82) is 0 Å². The van der Waals surface area contributed by atoms with E-state index in [0.29, 0.717) is 25.6 Å². The van der Waals surface area contributed by atoms with Crippen LogP contribution in [0, 0.1) is 5.82 Å². The third-order valence-corrected chi connectivity index (χ3v) is 7.07. The highest BCUT2D eigenvalue weighted by atomic mass is 32.2. The van der Waals surface area contributed by atoms with Crippen molar-refractivity contribution in [3.63, 3.8) is 0 Å². The lowest BCUT2D eigenvalue weighted by molar-refractivity contribution is 0.306. The lowest BCUT2D eigenvalue weighted by atomic mass is 10.1. The first kappa shape index (κ1) is 20.6. The van der Waals surface area contributed by atoms with E-state index in [2.05, 4.69) is 20.6 Å². The molecule has 1 saturated heterocycles. The third kappa shape index (κ3) is 4.82. The molecule has 1 fully saturated rings. The summed E-state index contributed by atoms with van der Waals surface area (Å²) in [4.78, 5) is 7.42. The van der Waals surface area contributed by atoms with E-state index in [-0.39, 0.29) is 17.6 Å². The van der Waals surface area contributed by atoms with Crippen LogP contribution in [0.2, 0.25) is 0 Å².